The average molecular weight is 219 g/mol. The van der Waals surface area contributed by atoms with Gasteiger partial charge in [0.1, 0.15) is 0 Å². The number of hydrogen-bond donors (Lipinski definition) is 1. The van der Waals surface area contributed by atoms with E-state index < -0.39 is 0 Å². The molecule has 0 saturated heterocycles. The van der Waals surface area contributed by atoms with Gasteiger partial charge < -0.3 is 5.32 Å². The molecule has 0 bridgehead atoms. The van der Waals surface area contributed by atoms with Crippen LogP contribution in [0.1, 0.15) is 37.5 Å². The van der Waals surface area contributed by atoms with Crippen molar-refractivity contribution >= 4 is 5.91 Å². The average Bonchev–Trinajstić information content (AvgIpc) is 2.08. The monoisotopic (exact) mass is 219 g/mol. The van der Waals surface area contributed by atoms with Crippen LogP contribution in [0.2, 0.25) is 0 Å². The Hall–Kier alpha value is -1.31. The lowest BCUT2D eigenvalue weighted by Crippen LogP contribution is -2.41. The summed E-state index contributed by atoms with van der Waals surface area (Å²) in [5, 5.41) is 2.98. The molecule has 2 heteroatoms. The van der Waals surface area contributed by atoms with E-state index in [9.17, 15) is 4.79 Å². The highest BCUT2D eigenvalue weighted by atomic mass is 16.1. The van der Waals surface area contributed by atoms with Crippen LogP contribution in [0, 0.1) is 13.8 Å². The van der Waals surface area contributed by atoms with Crippen molar-refractivity contribution in [3.63, 3.8) is 0 Å². The number of benzene rings is 1. The number of aryl methyl sites for hydroxylation is 2. The van der Waals surface area contributed by atoms with Crippen molar-refractivity contribution in [3.8, 4) is 0 Å². The minimum atomic E-state index is -0.158. The Morgan fingerprint density at radius 2 is 1.88 bits per heavy atom. The van der Waals surface area contributed by atoms with Gasteiger partial charge in [-0.15, -0.1) is 0 Å². The first kappa shape index (κ1) is 12.8. The topological polar surface area (TPSA) is 29.1 Å². The lowest BCUT2D eigenvalue weighted by atomic mass is 10.0. The molecule has 2 nitrogen and oxygen atoms in total. The van der Waals surface area contributed by atoms with Gasteiger partial charge in [0.15, 0.2) is 0 Å². The van der Waals surface area contributed by atoms with E-state index in [0.717, 1.165) is 5.56 Å². The third-order valence-electron chi connectivity index (χ3n) is 2.37. The van der Waals surface area contributed by atoms with E-state index >= 15 is 0 Å². The molecule has 1 aromatic rings. The van der Waals surface area contributed by atoms with Crippen molar-refractivity contribution < 1.29 is 4.79 Å². The summed E-state index contributed by atoms with van der Waals surface area (Å²) >= 11 is 0. The molecule has 0 aromatic heterocycles. The van der Waals surface area contributed by atoms with Crippen LogP contribution >= 0.6 is 0 Å². The highest BCUT2D eigenvalue weighted by molar-refractivity contribution is 5.79. The van der Waals surface area contributed by atoms with Crippen molar-refractivity contribution in [1.82, 2.24) is 5.32 Å². The fourth-order valence-electron chi connectivity index (χ4n) is 1.63. The summed E-state index contributed by atoms with van der Waals surface area (Å²) in [5.41, 5.74) is 3.33. The van der Waals surface area contributed by atoms with Crippen molar-refractivity contribution in [3.05, 3.63) is 34.9 Å². The van der Waals surface area contributed by atoms with Gasteiger partial charge in [0.05, 0.1) is 6.42 Å². The molecular weight excluding hydrogens is 198 g/mol. The van der Waals surface area contributed by atoms with E-state index in [4.69, 9.17) is 0 Å². The third-order valence-corrected chi connectivity index (χ3v) is 2.37. The number of carbonyl (C=O) groups is 1. The molecule has 0 spiro atoms. The molecule has 1 aromatic carbocycles. The minimum absolute atomic E-state index is 0.0844. The van der Waals surface area contributed by atoms with Crippen molar-refractivity contribution in [2.75, 3.05) is 0 Å². The summed E-state index contributed by atoms with van der Waals surface area (Å²) in [6.07, 6.45) is 0.463. The fourth-order valence-corrected chi connectivity index (χ4v) is 1.63. The van der Waals surface area contributed by atoms with Crippen LogP contribution < -0.4 is 5.32 Å². The lowest BCUT2D eigenvalue weighted by Gasteiger charge is -2.20. The van der Waals surface area contributed by atoms with E-state index in [2.05, 4.69) is 23.5 Å². The first-order valence-electron chi connectivity index (χ1n) is 5.65. The molecule has 88 valence electrons. The van der Waals surface area contributed by atoms with Crippen molar-refractivity contribution in [1.29, 1.82) is 0 Å². The number of rotatable bonds is 2. The van der Waals surface area contributed by atoms with Gasteiger partial charge in [-0.25, -0.2) is 0 Å². The van der Waals surface area contributed by atoms with Gasteiger partial charge in [0.25, 0.3) is 0 Å². The molecule has 0 atom stereocenters. The Kier molecular flexibility index (Phi) is 3.74. The summed E-state index contributed by atoms with van der Waals surface area (Å²) in [4.78, 5) is 11.8. The van der Waals surface area contributed by atoms with Crippen LogP contribution in [0.25, 0.3) is 0 Å². The van der Waals surface area contributed by atoms with Crippen LogP contribution in [-0.4, -0.2) is 11.4 Å². The molecule has 0 aliphatic carbocycles. The smallest absolute Gasteiger partial charge is 0.224 e. The van der Waals surface area contributed by atoms with Gasteiger partial charge in [0, 0.05) is 5.54 Å². The van der Waals surface area contributed by atoms with E-state index in [1.807, 2.05) is 34.6 Å². The van der Waals surface area contributed by atoms with Crippen LogP contribution in [0.15, 0.2) is 18.2 Å². The van der Waals surface area contributed by atoms with Crippen LogP contribution in [0.4, 0.5) is 0 Å². The number of hydrogen-bond acceptors (Lipinski definition) is 1. The van der Waals surface area contributed by atoms with E-state index in [1.165, 1.54) is 11.1 Å². The minimum Gasteiger partial charge on any atom is -0.351 e. The second-order valence-electron chi connectivity index (χ2n) is 5.40. The number of nitrogens with one attached hydrogen (secondary N) is 1. The van der Waals surface area contributed by atoms with Gasteiger partial charge in [-0.2, -0.15) is 0 Å². The van der Waals surface area contributed by atoms with Crippen molar-refractivity contribution in [2.45, 2.75) is 46.6 Å². The zero-order valence-corrected chi connectivity index (χ0v) is 10.8. The normalized spacial score (nSPS) is 11.3. The van der Waals surface area contributed by atoms with Gasteiger partial charge in [0.2, 0.25) is 5.91 Å². The molecule has 1 N–H and O–H groups in total. The zero-order chi connectivity index (χ0) is 12.3. The second-order valence-corrected chi connectivity index (χ2v) is 5.40. The van der Waals surface area contributed by atoms with Gasteiger partial charge in [-0.05, 0) is 45.7 Å². The molecule has 0 saturated carbocycles. The van der Waals surface area contributed by atoms with Crippen LogP contribution in [0.3, 0.4) is 0 Å². The van der Waals surface area contributed by atoms with Gasteiger partial charge in [-0.3, -0.25) is 4.79 Å². The highest BCUT2D eigenvalue weighted by Crippen LogP contribution is 2.12. The summed E-state index contributed by atoms with van der Waals surface area (Å²) in [6, 6.07) is 6.22. The van der Waals surface area contributed by atoms with E-state index in [0.29, 0.717) is 6.42 Å². The largest absolute Gasteiger partial charge is 0.351 e. The van der Waals surface area contributed by atoms with E-state index in [-0.39, 0.29) is 11.4 Å². The fraction of sp³-hybridized carbons (Fsp3) is 0.500. The SMILES string of the molecule is Cc1ccc(C)c(CC(=O)NC(C)(C)C)c1. The Bertz CT molecular complexity index is 388. The van der Waals surface area contributed by atoms with E-state index in [1.54, 1.807) is 0 Å². The molecule has 1 amide bonds. The van der Waals surface area contributed by atoms with Crippen LogP contribution in [0.5, 0.6) is 0 Å². The first-order valence-corrected chi connectivity index (χ1v) is 5.65. The molecule has 0 heterocycles. The Morgan fingerprint density at radius 1 is 1.25 bits per heavy atom. The maximum Gasteiger partial charge on any atom is 0.224 e. The highest BCUT2D eigenvalue weighted by Gasteiger charge is 2.14. The molecule has 0 aliphatic rings. The molecule has 1 rings (SSSR count). The summed E-state index contributed by atoms with van der Waals surface area (Å²) in [7, 11) is 0. The second kappa shape index (κ2) is 4.69. The standard InChI is InChI=1S/C14H21NO/c1-10-6-7-11(2)12(8-10)9-13(16)15-14(3,4)5/h6-8H,9H2,1-5H3,(H,15,16). The van der Waals surface area contributed by atoms with Crippen molar-refractivity contribution in [2.24, 2.45) is 0 Å². The zero-order valence-electron chi connectivity index (χ0n) is 10.8. The lowest BCUT2D eigenvalue weighted by molar-refractivity contribution is -0.121. The first-order chi connectivity index (χ1) is 7.28. The Labute approximate surface area is 98.1 Å². The molecular formula is C14H21NO. The quantitative estimate of drug-likeness (QED) is 0.814. The summed E-state index contributed by atoms with van der Waals surface area (Å²) in [5.74, 6) is 0.0844. The Morgan fingerprint density at radius 3 is 2.44 bits per heavy atom. The summed E-state index contributed by atoms with van der Waals surface area (Å²) in [6.45, 7) is 10.1. The molecule has 16 heavy (non-hydrogen) atoms. The predicted octanol–water partition coefficient (Wildman–Crippen LogP) is 2.76. The summed E-state index contributed by atoms with van der Waals surface area (Å²) < 4.78 is 0. The third kappa shape index (κ3) is 4.05. The molecule has 0 fully saturated rings. The number of amides is 1. The van der Waals surface area contributed by atoms with Gasteiger partial charge >= 0.3 is 0 Å². The molecule has 0 radical (unpaired) electrons. The maximum absolute atomic E-state index is 11.8. The molecule has 0 aliphatic heterocycles. The van der Waals surface area contributed by atoms with Gasteiger partial charge in [-0.1, -0.05) is 23.8 Å². The predicted molar refractivity (Wildman–Crippen MR) is 67.5 cm³/mol. The molecule has 0 unspecified atom stereocenters. The Balaban J connectivity index is 2.73. The maximum atomic E-state index is 11.8. The van der Waals surface area contributed by atoms with Crippen LogP contribution in [-0.2, 0) is 11.2 Å². The number of carbonyl (C=O) groups excluding carboxylic acids is 1.